The van der Waals surface area contributed by atoms with Gasteiger partial charge in [0.1, 0.15) is 10.8 Å². The lowest BCUT2D eigenvalue weighted by atomic mass is 10.1. The number of hydrogen-bond donors (Lipinski definition) is 1. The number of ether oxygens (including phenoxy) is 3. The summed E-state index contributed by atoms with van der Waals surface area (Å²) in [5.74, 6) is -1.63. The van der Waals surface area contributed by atoms with Crippen molar-refractivity contribution in [3.8, 4) is 5.75 Å². The highest BCUT2D eigenvalue weighted by Gasteiger charge is 2.32. The number of amides is 1. The minimum absolute atomic E-state index is 0.0594. The molecule has 1 N–H and O–H groups in total. The van der Waals surface area contributed by atoms with Crippen molar-refractivity contribution in [2.24, 2.45) is 0 Å². The van der Waals surface area contributed by atoms with Crippen molar-refractivity contribution in [3.05, 3.63) is 45.8 Å². The Kier molecular flexibility index (Phi) is 6.96. The number of methoxy groups -OCH3 is 1. The second-order valence-electron chi connectivity index (χ2n) is 6.62. The van der Waals surface area contributed by atoms with Gasteiger partial charge in [-0.1, -0.05) is 6.07 Å². The molecule has 31 heavy (non-hydrogen) atoms. The minimum Gasteiger partial charge on any atom is -0.482 e. The van der Waals surface area contributed by atoms with E-state index in [9.17, 15) is 22.8 Å². The number of hydrogen-bond acceptors (Lipinski definition) is 9. The van der Waals surface area contributed by atoms with Crippen LogP contribution < -0.4 is 10.1 Å². The number of fused-ring (bicyclic) bond motifs is 1. The average Bonchev–Trinajstić information content (AvgIpc) is 3.07. The van der Waals surface area contributed by atoms with Gasteiger partial charge in [-0.05, 0) is 37.1 Å². The first-order valence-corrected chi connectivity index (χ1v) is 12.0. The maximum absolute atomic E-state index is 12.8. The van der Waals surface area contributed by atoms with Gasteiger partial charge in [0.25, 0.3) is 5.91 Å². The van der Waals surface area contributed by atoms with Gasteiger partial charge < -0.3 is 19.5 Å². The number of benzene rings is 1. The quantitative estimate of drug-likeness (QED) is 0.615. The summed E-state index contributed by atoms with van der Waals surface area (Å²) >= 11 is 1.06. The lowest BCUT2D eigenvalue weighted by Crippen LogP contribution is -2.20. The molecule has 166 valence electrons. The number of thiophene rings is 1. The summed E-state index contributed by atoms with van der Waals surface area (Å²) in [6, 6.07) is 6.15. The summed E-state index contributed by atoms with van der Waals surface area (Å²) in [6.45, 7) is 1.51. The maximum atomic E-state index is 12.8. The highest BCUT2D eigenvalue weighted by Crippen LogP contribution is 2.38. The van der Waals surface area contributed by atoms with Gasteiger partial charge in [-0.3, -0.25) is 4.79 Å². The third-order valence-corrected chi connectivity index (χ3v) is 7.38. The van der Waals surface area contributed by atoms with Gasteiger partial charge in [0, 0.05) is 10.4 Å². The van der Waals surface area contributed by atoms with Gasteiger partial charge in [-0.15, -0.1) is 11.3 Å². The van der Waals surface area contributed by atoms with E-state index in [0.717, 1.165) is 11.3 Å². The summed E-state index contributed by atoms with van der Waals surface area (Å²) in [5.41, 5.74) is 1.03. The van der Waals surface area contributed by atoms with Crippen molar-refractivity contribution in [1.82, 2.24) is 0 Å². The van der Waals surface area contributed by atoms with Crippen LogP contribution in [-0.2, 0) is 36.3 Å². The van der Waals surface area contributed by atoms with Crippen LogP contribution in [0.4, 0.5) is 5.00 Å². The van der Waals surface area contributed by atoms with Gasteiger partial charge in [0.2, 0.25) is 0 Å². The molecule has 2 heterocycles. The van der Waals surface area contributed by atoms with Crippen molar-refractivity contribution in [1.29, 1.82) is 0 Å². The molecule has 0 aliphatic carbocycles. The third-order valence-electron chi connectivity index (χ3n) is 4.49. The predicted molar refractivity (Wildman–Crippen MR) is 113 cm³/mol. The first kappa shape index (κ1) is 22.8. The summed E-state index contributed by atoms with van der Waals surface area (Å²) in [7, 11) is -2.01. The molecule has 11 heteroatoms. The second kappa shape index (κ2) is 9.48. The maximum Gasteiger partial charge on any atom is 0.343 e. The van der Waals surface area contributed by atoms with E-state index in [1.165, 1.54) is 13.2 Å². The topological polar surface area (TPSA) is 125 Å². The Morgan fingerprint density at radius 2 is 2.00 bits per heavy atom. The Morgan fingerprint density at radius 3 is 2.71 bits per heavy atom. The molecule has 1 aliphatic heterocycles. The Labute approximate surface area is 183 Å². The molecule has 3 rings (SSSR count). The number of rotatable bonds is 7. The summed E-state index contributed by atoms with van der Waals surface area (Å²) in [4.78, 5) is 37.1. The Morgan fingerprint density at radius 1 is 1.23 bits per heavy atom. The molecule has 0 fully saturated rings. The van der Waals surface area contributed by atoms with Crippen molar-refractivity contribution in [2.45, 2.75) is 19.1 Å². The smallest absolute Gasteiger partial charge is 0.343 e. The fourth-order valence-electron chi connectivity index (χ4n) is 3.03. The normalized spacial score (nSPS) is 14.3. The van der Waals surface area contributed by atoms with Crippen molar-refractivity contribution < 1.29 is 37.0 Å². The van der Waals surface area contributed by atoms with Crippen molar-refractivity contribution in [2.75, 3.05) is 31.4 Å². The highest BCUT2D eigenvalue weighted by atomic mass is 32.2. The third kappa shape index (κ3) is 5.42. The van der Waals surface area contributed by atoms with Crippen LogP contribution >= 0.6 is 11.3 Å². The van der Waals surface area contributed by atoms with Crippen LogP contribution in [0, 0.1) is 0 Å². The second-order valence-corrected chi connectivity index (χ2v) is 9.91. The number of carbonyl (C=O) groups is 3. The van der Waals surface area contributed by atoms with E-state index in [0.29, 0.717) is 16.2 Å². The fraction of sp³-hybridized carbons (Fsp3) is 0.350. The molecular weight excluding hydrogens is 446 g/mol. The molecule has 0 bridgehead atoms. The zero-order chi connectivity index (χ0) is 22.6. The van der Waals surface area contributed by atoms with Gasteiger partial charge in [-0.25, -0.2) is 18.0 Å². The van der Waals surface area contributed by atoms with Crippen LogP contribution in [0.25, 0.3) is 0 Å². The first-order valence-electron chi connectivity index (χ1n) is 9.37. The average molecular weight is 468 g/mol. The SMILES string of the molecule is CCOC(=O)c1c(NC(=O)c2cccc(OCC(=O)OC)c2)sc2c1CCS(=O)(=O)C2. The van der Waals surface area contributed by atoms with Gasteiger partial charge in [-0.2, -0.15) is 0 Å². The van der Waals surface area contributed by atoms with Crippen LogP contribution in [0.3, 0.4) is 0 Å². The molecule has 1 aliphatic rings. The molecule has 0 radical (unpaired) electrons. The van der Waals surface area contributed by atoms with E-state index in [4.69, 9.17) is 9.47 Å². The molecular formula is C20H21NO8S2. The zero-order valence-electron chi connectivity index (χ0n) is 16.9. The molecule has 1 amide bonds. The van der Waals surface area contributed by atoms with Crippen molar-refractivity contribution >= 4 is 44.0 Å². The molecule has 2 aromatic rings. The molecule has 0 saturated carbocycles. The summed E-state index contributed by atoms with van der Waals surface area (Å²) in [5, 5.41) is 2.93. The van der Waals surface area contributed by atoms with E-state index < -0.39 is 27.7 Å². The molecule has 0 saturated heterocycles. The molecule has 0 spiro atoms. The van der Waals surface area contributed by atoms with E-state index in [2.05, 4.69) is 10.1 Å². The minimum atomic E-state index is -3.25. The Balaban J connectivity index is 1.86. The molecule has 1 aromatic carbocycles. The summed E-state index contributed by atoms with van der Waals surface area (Å²) < 4.78 is 38.9. The molecule has 1 aromatic heterocycles. The van der Waals surface area contributed by atoms with E-state index in [1.807, 2.05) is 0 Å². The highest BCUT2D eigenvalue weighted by molar-refractivity contribution is 7.90. The van der Waals surface area contributed by atoms with Gasteiger partial charge in [0.15, 0.2) is 16.4 Å². The van der Waals surface area contributed by atoms with E-state index in [-0.39, 0.29) is 47.3 Å². The van der Waals surface area contributed by atoms with E-state index >= 15 is 0 Å². The van der Waals surface area contributed by atoms with Crippen LogP contribution in [0.15, 0.2) is 24.3 Å². The zero-order valence-corrected chi connectivity index (χ0v) is 18.6. The number of esters is 2. The lowest BCUT2D eigenvalue weighted by Gasteiger charge is -2.13. The number of carbonyl (C=O) groups excluding carboxylic acids is 3. The largest absolute Gasteiger partial charge is 0.482 e. The number of sulfone groups is 1. The lowest BCUT2D eigenvalue weighted by molar-refractivity contribution is -0.142. The monoisotopic (exact) mass is 467 g/mol. The Hall–Kier alpha value is -2.92. The Bertz CT molecular complexity index is 1120. The summed E-state index contributed by atoms with van der Waals surface area (Å²) in [6.07, 6.45) is 0.190. The van der Waals surface area contributed by atoms with Crippen LogP contribution in [-0.4, -0.2) is 52.3 Å². The van der Waals surface area contributed by atoms with E-state index in [1.54, 1.807) is 25.1 Å². The molecule has 0 unspecified atom stereocenters. The van der Waals surface area contributed by atoms with Gasteiger partial charge in [0.05, 0.1) is 30.8 Å². The number of anilines is 1. The molecule has 9 nitrogen and oxygen atoms in total. The van der Waals surface area contributed by atoms with Gasteiger partial charge >= 0.3 is 11.9 Å². The number of nitrogens with one attached hydrogen (secondary N) is 1. The van der Waals surface area contributed by atoms with Crippen molar-refractivity contribution in [3.63, 3.8) is 0 Å². The van der Waals surface area contributed by atoms with Crippen LogP contribution in [0.5, 0.6) is 5.75 Å². The first-order chi connectivity index (χ1) is 14.7. The fourth-order valence-corrected chi connectivity index (χ4v) is 6.07. The standard InChI is InChI=1S/C20H21NO8S2/c1-3-28-20(24)17-14-7-8-31(25,26)11-15(14)30-19(17)21-18(23)12-5-4-6-13(9-12)29-10-16(22)27-2/h4-6,9H,3,7-8,10-11H2,1-2H3,(H,21,23). The van der Waals surface area contributed by atoms with Crippen LogP contribution in [0.1, 0.15) is 38.1 Å². The van der Waals surface area contributed by atoms with Crippen LogP contribution in [0.2, 0.25) is 0 Å². The predicted octanol–water partition coefficient (Wildman–Crippen LogP) is 2.20. The molecule has 0 atom stereocenters.